The molecular weight excluding hydrogens is 355 g/mol. The Balaban J connectivity index is 1.90. The Morgan fingerprint density at radius 2 is 1.78 bits per heavy atom. The lowest BCUT2D eigenvalue weighted by molar-refractivity contribution is -0.384. The Labute approximate surface area is 155 Å². The van der Waals surface area contributed by atoms with E-state index in [1.165, 1.54) is 35.2 Å². The largest absolute Gasteiger partial charge is 0.325 e. The molecule has 0 aromatic heterocycles. The standard InChI is InChI=1S/C18H19FN4O4/c1-12-6-7-15(16(8-12)23(26)27)21-18(25)11-22(2)10-17(24)20-14-5-3-4-13(19)9-14/h3-9H,10-11H2,1-2H3,(H,20,24)(H,21,25). The second-order valence-corrected chi connectivity index (χ2v) is 6.06. The molecule has 0 saturated heterocycles. The monoisotopic (exact) mass is 374 g/mol. The first-order valence-corrected chi connectivity index (χ1v) is 8.03. The van der Waals surface area contributed by atoms with Crippen LogP contribution in [0, 0.1) is 22.9 Å². The first-order valence-electron chi connectivity index (χ1n) is 8.03. The fourth-order valence-corrected chi connectivity index (χ4v) is 2.40. The average Bonchev–Trinajstić information content (AvgIpc) is 2.55. The number of amides is 2. The van der Waals surface area contributed by atoms with E-state index < -0.39 is 22.6 Å². The summed E-state index contributed by atoms with van der Waals surface area (Å²) in [4.78, 5) is 36.0. The van der Waals surface area contributed by atoms with Gasteiger partial charge in [0.15, 0.2) is 0 Å². The predicted molar refractivity (Wildman–Crippen MR) is 99.0 cm³/mol. The van der Waals surface area contributed by atoms with Gasteiger partial charge in [-0.2, -0.15) is 0 Å². The van der Waals surface area contributed by atoms with Gasteiger partial charge in [0.2, 0.25) is 11.8 Å². The molecule has 8 nitrogen and oxygen atoms in total. The second kappa shape index (κ2) is 8.86. The van der Waals surface area contributed by atoms with Crippen molar-refractivity contribution in [1.29, 1.82) is 0 Å². The number of aryl methyl sites for hydroxylation is 1. The molecule has 0 fully saturated rings. The van der Waals surface area contributed by atoms with E-state index in [2.05, 4.69) is 10.6 Å². The smallest absolute Gasteiger partial charge is 0.293 e. The van der Waals surface area contributed by atoms with Crippen molar-refractivity contribution in [1.82, 2.24) is 4.90 Å². The molecular formula is C18H19FN4O4. The average molecular weight is 374 g/mol. The predicted octanol–water partition coefficient (Wildman–Crippen LogP) is 2.55. The number of nitrogens with zero attached hydrogens (tertiary/aromatic N) is 2. The van der Waals surface area contributed by atoms with Gasteiger partial charge in [-0.25, -0.2) is 4.39 Å². The van der Waals surface area contributed by atoms with Crippen molar-refractivity contribution in [2.75, 3.05) is 30.8 Å². The number of likely N-dealkylation sites (N-methyl/N-ethyl adjacent to an activating group) is 1. The zero-order valence-electron chi connectivity index (χ0n) is 14.9. The van der Waals surface area contributed by atoms with E-state index in [0.29, 0.717) is 11.3 Å². The summed E-state index contributed by atoms with van der Waals surface area (Å²) in [5.41, 5.74) is 0.905. The van der Waals surface area contributed by atoms with Crippen LogP contribution in [0.1, 0.15) is 5.56 Å². The highest BCUT2D eigenvalue weighted by Gasteiger charge is 2.17. The van der Waals surface area contributed by atoms with Gasteiger partial charge in [0.1, 0.15) is 11.5 Å². The van der Waals surface area contributed by atoms with Crippen LogP contribution in [-0.4, -0.2) is 41.8 Å². The van der Waals surface area contributed by atoms with Gasteiger partial charge >= 0.3 is 0 Å². The van der Waals surface area contributed by atoms with Crippen LogP contribution >= 0.6 is 0 Å². The summed E-state index contributed by atoms with van der Waals surface area (Å²) in [7, 11) is 1.55. The molecule has 0 radical (unpaired) electrons. The summed E-state index contributed by atoms with van der Waals surface area (Å²) in [5, 5.41) is 16.1. The van der Waals surface area contributed by atoms with Crippen molar-refractivity contribution in [3.63, 3.8) is 0 Å². The molecule has 142 valence electrons. The molecule has 0 bridgehead atoms. The molecule has 0 unspecified atom stereocenters. The zero-order valence-corrected chi connectivity index (χ0v) is 14.9. The van der Waals surface area contributed by atoms with Crippen molar-refractivity contribution >= 4 is 28.9 Å². The Hall–Kier alpha value is -3.33. The highest BCUT2D eigenvalue weighted by Crippen LogP contribution is 2.25. The number of anilines is 2. The van der Waals surface area contributed by atoms with Crippen molar-refractivity contribution in [2.45, 2.75) is 6.92 Å². The number of nitrogens with one attached hydrogen (secondary N) is 2. The topological polar surface area (TPSA) is 105 Å². The fourth-order valence-electron chi connectivity index (χ4n) is 2.40. The molecule has 2 aromatic carbocycles. The number of benzene rings is 2. The third-order valence-corrected chi connectivity index (χ3v) is 3.56. The minimum atomic E-state index is -0.571. The number of halogens is 1. The highest BCUT2D eigenvalue weighted by atomic mass is 19.1. The van der Waals surface area contributed by atoms with Crippen molar-refractivity contribution in [3.05, 3.63) is 64.0 Å². The summed E-state index contributed by atoms with van der Waals surface area (Å²) < 4.78 is 13.1. The van der Waals surface area contributed by atoms with E-state index in [1.807, 2.05) is 0 Å². The normalized spacial score (nSPS) is 10.5. The van der Waals surface area contributed by atoms with Crippen LogP contribution in [0.15, 0.2) is 42.5 Å². The molecule has 2 rings (SSSR count). The minimum absolute atomic E-state index is 0.0909. The summed E-state index contributed by atoms with van der Waals surface area (Å²) in [6, 6.07) is 9.94. The number of rotatable bonds is 7. The Morgan fingerprint density at radius 1 is 1.11 bits per heavy atom. The lowest BCUT2D eigenvalue weighted by atomic mass is 10.2. The minimum Gasteiger partial charge on any atom is -0.325 e. The van der Waals surface area contributed by atoms with Crippen LogP contribution in [0.3, 0.4) is 0 Å². The van der Waals surface area contributed by atoms with Gasteiger partial charge in [-0.3, -0.25) is 24.6 Å². The Bertz CT molecular complexity index is 872. The molecule has 0 aliphatic heterocycles. The molecule has 0 aliphatic carbocycles. The lowest BCUT2D eigenvalue weighted by Crippen LogP contribution is -2.36. The number of nitro groups is 1. The zero-order chi connectivity index (χ0) is 20.0. The van der Waals surface area contributed by atoms with Crippen LogP contribution in [0.5, 0.6) is 0 Å². The number of nitro benzene ring substituents is 1. The molecule has 0 aliphatic rings. The third-order valence-electron chi connectivity index (χ3n) is 3.56. The van der Waals surface area contributed by atoms with Crippen LogP contribution in [-0.2, 0) is 9.59 Å². The van der Waals surface area contributed by atoms with Crippen molar-refractivity contribution < 1.29 is 18.9 Å². The van der Waals surface area contributed by atoms with E-state index >= 15 is 0 Å². The molecule has 2 N–H and O–H groups in total. The maximum absolute atomic E-state index is 13.1. The second-order valence-electron chi connectivity index (χ2n) is 6.06. The first-order chi connectivity index (χ1) is 12.7. The van der Waals surface area contributed by atoms with Gasteiger partial charge in [-0.1, -0.05) is 12.1 Å². The van der Waals surface area contributed by atoms with E-state index in [4.69, 9.17) is 0 Å². The number of hydrogen-bond acceptors (Lipinski definition) is 5. The van der Waals surface area contributed by atoms with Crippen molar-refractivity contribution in [3.8, 4) is 0 Å². The molecule has 0 heterocycles. The van der Waals surface area contributed by atoms with Crippen molar-refractivity contribution in [2.24, 2.45) is 0 Å². The SMILES string of the molecule is Cc1ccc(NC(=O)CN(C)CC(=O)Nc2cccc(F)c2)c([N+](=O)[O-])c1. The van der Waals surface area contributed by atoms with Crippen LogP contribution in [0.4, 0.5) is 21.5 Å². The van der Waals surface area contributed by atoms with Gasteiger partial charge < -0.3 is 10.6 Å². The van der Waals surface area contributed by atoms with E-state index in [0.717, 1.165) is 0 Å². The fraction of sp³-hybridized carbons (Fsp3) is 0.222. The van der Waals surface area contributed by atoms with Gasteiger partial charge in [0.05, 0.1) is 18.0 Å². The van der Waals surface area contributed by atoms with Gasteiger partial charge in [-0.05, 0) is 43.8 Å². The van der Waals surface area contributed by atoms with Crippen LogP contribution in [0.2, 0.25) is 0 Å². The summed E-state index contributed by atoms with van der Waals surface area (Å²) in [6.07, 6.45) is 0. The molecule has 0 saturated carbocycles. The molecule has 0 spiro atoms. The summed E-state index contributed by atoms with van der Waals surface area (Å²) in [6.45, 7) is 1.45. The van der Waals surface area contributed by atoms with Gasteiger partial charge in [-0.15, -0.1) is 0 Å². The maximum atomic E-state index is 13.1. The number of hydrogen-bond donors (Lipinski definition) is 2. The lowest BCUT2D eigenvalue weighted by Gasteiger charge is -2.16. The third kappa shape index (κ3) is 6.15. The Kier molecular flexibility index (Phi) is 6.56. The molecule has 0 atom stereocenters. The van der Waals surface area contributed by atoms with Gasteiger partial charge in [0.25, 0.3) is 5.69 Å². The summed E-state index contributed by atoms with van der Waals surface area (Å²) in [5.74, 6) is -1.39. The van der Waals surface area contributed by atoms with Gasteiger partial charge in [0, 0.05) is 11.8 Å². The van der Waals surface area contributed by atoms with E-state index in [1.54, 1.807) is 26.1 Å². The first kappa shape index (κ1) is 20.0. The maximum Gasteiger partial charge on any atom is 0.293 e. The van der Waals surface area contributed by atoms with Crippen LogP contribution in [0.25, 0.3) is 0 Å². The number of carbonyl (C=O) groups excluding carboxylic acids is 2. The molecule has 9 heteroatoms. The van der Waals surface area contributed by atoms with E-state index in [9.17, 15) is 24.1 Å². The molecule has 2 amide bonds. The highest BCUT2D eigenvalue weighted by molar-refractivity contribution is 5.96. The van der Waals surface area contributed by atoms with E-state index in [-0.39, 0.29) is 24.5 Å². The number of carbonyl (C=O) groups is 2. The Morgan fingerprint density at radius 3 is 2.41 bits per heavy atom. The van der Waals surface area contributed by atoms with Crippen LogP contribution < -0.4 is 10.6 Å². The molecule has 27 heavy (non-hydrogen) atoms. The summed E-state index contributed by atoms with van der Waals surface area (Å²) >= 11 is 0. The quantitative estimate of drug-likeness (QED) is 0.572. The molecule has 2 aromatic rings.